The normalized spacial score (nSPS) is 11.9. The van der Waals surface area contributed by atoms with Gasteiger partial charge < -0.3 is 14.7 Å². The molecule has 0 saturated carbocycles. The molecule has 1 heterocycles. The molecule has 1 aromatic rings. The second-order valence-electron chi connectivity index (χ2n) is 3.79. The van der Waals surface area contributed by atoms with Gasteiger partial charge in [0.1, 0.15) is 0 Å². The van der Waals surface area contributed by atoms with Crippen molar-refractivity contribution in [2.75, 3.05) is 18.6 Å². The van der Waals surface area contributed by atoms with Crippen molar-refractivity contribution in [2.45, 2.75) is 26.3 Å². The monoisotopic (exact) mass is 238 g/mol. The molecule has 5 heteroatoms. The molecule has 1 unspecified atom stereocenters. The first-order chi connectivity index (χ1) is 8.08. The van der Waals surface area contributed by atoms with E-state index < -0.39 is 5.97 Å². The van der Waals surface area contributed by atoms with Gasteiger partial charge in [-0.25, -0.2) is 4.98 Å². The van der Waals surface area contributed by atoms with E-state index in [1.54, 1.807) is 13.3 Å². The van der Waals surface area contributed by atoms with Crippen LogP contribution in [0, 0.1) is 0 Å². The zero-order valence-corrected chi connectivity index (χ0v) is 10.4. The lowest BCUT2D eigenvalue weighted by atomic mass is 10.2. The van der Waals surface area contributed by atoms with Gasteiger partial charge in [-0.15, -0.1) is 0 Å². The summed E-state index contributed by atoms with van der Waals surface area (Å²) in [5, 5.41) is 8.81. The summed E-state index contributed by atoms with van der Waals surface area (Å²) in [4.78, 5) is 16.8. The number of hydrogen-bond donors (Lipinski definition) is 1. The highest BCUT2D eigenvalue weighted by Crippen LogP contribution is 2.21. The lowest BCUT2D eigenvalue weighted by molar-refractivity contribution is -0.137. The summed E-state index contributed by atoms with van der Waals surface area (Å²) in [6.07, 6.45) is 1.77. The van der Waals surface area contributed by atoms with Crippen LogP contribution in [0.15, 0.2) is 18.3 Å². The van der Waals surface area contributed by atoms with Gasteiger partial charge in [-0.2, -0.15) is 0 Å². The van der Waals surface area contributed by atoms with Crippen LogP contribution in [0.3, 0.4) is 0 Å². The summed E-state index contributed by atoms with van der Waals surface area (Å²) in [7, 11) is 1.56. The van der Waals surface area contributed by atoms with Gasteiger partial charge in [0.25, 0.3) is 0 Å². The summed E-state index contributed by atoms with van der Waals surface area (Å²) in [5.74, 6) is -0.263. The topological polar surface area (TPSA) is 62.7 Å². The van der Waals surface area contributed by atoms with Crippen LogP contribution in [0.1, 0.15) is 20.3 Å². The van der Waals surface area contributed by atoms with Crippen molar-refractivity contribution in [3.8, 4) is 5.88 Å². The van der Waals surface area contributed by atoms with Gasteiger partial charge in [0, 0.05) is 30.5 Å². The number of nitrogens with zero attached hydrogens (tertiary/aromatic N) is 2. The van der Waals surface area contributed by atoms with Crippen LogP contribution in [0.25, 0.3) is 0 Å². The molecule has 1 rings (SSSR count). The van der Waals surface area contributed by atoms with Crippen molar-refractivity contribution >= 4 is 11.7 Å². The molecule has 1 atom stereocenters. The third kappa shape index (κ3) is 3.62. The fraction of sp³-hybridized carbons (Fsp3) is 0.500. The first-order valence-electron chi connectivity index (χ1n) is 5.57. The first-order valence-corrected chi connectivity index (χ1v) is 5.57. The van der Waals surface area contributed by atoms with Crippen LogP contribution in [-0.2, 0) is 4.79 Å². The predicted octanol–water partition coefficient (Wildman–Crippen LogP) is 1.78. The quantitative estimate of drug-likeness (QED) is 0.818. The van der Waals surface area contributed by atoms with E-state index >= 15 is 0 Å². The SMILES string of the molecule is CCN(c1ccnc(OC)c1)C(C)CC(=O)O. The van der Waals surface area contributed by atoms with Crippen molar-refractivity contribution in [2.24, 2.45) is 0 Å². The van der Waals surface area contributed by atoms with E-state index in [2.05, 4.69) is 4.98 Å². The molecular weight excluding hydrogens is 220 g/mol. The van der Waals surface area contributed by atoms with Gasteiger partial charge in [0.05, 0.1) is 13.5 Å². The number of carbonyl (C=O) groups is 1. The van der Waals surface area contributed by atoms with Gasteiger partial charge in [-0.1, -0.05) is 0 Å². The second kappa shape index (κ2) is 6.08. The Bertz CT molecular complexity index is 382. The minimum atomic E-state index is -0.794. The summed E-state index contributed by atoms with van der Waals surface area (Å²) in [6.45, 7) is 4.62. The molecule has 0 aromatic carbocycles. The van der Waals surface area contributed by atoms with Crippen molar-refractivity contribution in [1.82, 2.24) is 4.98 Å². The number of carboxylic acids is 1. The maximum Gasteiger partial charge on any atom is 0.305 e. The number of hydrogen-bond acceptors (Lipinski definition) is 4. The molecule has 1 aromatic heterocycles. The Hall–Kier alpha value is -1.78. The maximum atomic E-state index is 10.7. The number of anilines is 1. The molecule has 0 spiro atoms. The van der Waals surface area contributed by atoms with Gasteiger partial charge in [0.15, 0.2) is 0 Å². The Balaban J connectivity index is 2.88. The zero-order chi connectivity index (χ0) is 12.8. The lowest BCUT2D eigenvalue weighted by Crippen LogP contribution is -2.34. The fourth-order valence-electron chi connectivity index (χ4n) is 1.80. The average molecular weight is 238 g/mol. The smallest absolute Gasteiger partial charge is 0.305 e. The lowest BCUT2D eigenvalue weighted by Gasteiger charge is -2.29. The van der Waals surface area contributed by atoms with Crippen LogP contribution >= 0.6 is 0 Å². The standard InChI is InChI=1S/C12H18N2O3/c1-4-14(9(2)7-12(15)16)10-5-6-13-11(8-10)17-3/h5-6,8-9H,4,7H2,1-3H3,(H,15,16). The second-order valence-corrected chi connectivity index (χ2v) is 3.79. The number of rotatable bonds is 6. The summed E-state index contributed by atoms with van der Waals surface area (Å²) >= 11 is 0. The molecule has 0 fully saturated rings. The molecule has 0 amide bonds. The van der Waals surface area contributed by atoms with E-state index in [9.17, 15) is 4.79 Å². The number of carboxylic acid groups (broad SMARTS) is 1. The van der Waals surface area contributed by atoms with Crippen LogP contribution in [-0.4, -0.2) is 35.8 Å². The Morgan fingerprint density at radius 2 is 2.35 bits per heavy atom. The Morgan fingerprint density at radius 1 is 1.65 bits per heavy atom. The maximum absolute atomic E-state index is 10.7. The van der Waals surface area contributed by atoms with Gasteiger partial charge in [0.2, 0.25) is 5.88 Å². The molecule has 1 N–H and O–H groups in total. The highest BCUT2D eigenvalue weighted by Gasteiger charge is 2.16. The summed E-state index contributed by atoms with van der Waals surface area (Å²) in [6, 6.07) is 3.59. The Morgan fingerprint density at radius 3 is 2.88 bits per heavy atom. The molecule has 0 bridgehead atoms. The number of aromatic nitrogens is 1. The van der Waals surface area contributed by atoms with E-state index in [0.717, 1.165) is 12.2 Å². The van der Waals surface area contributed by atoms with Crippen molar-refractivity contribution in [1.29, 1.82) is 0 Å². The van der Waals surface area contributed by atoms with E-state index in [4.69, 9.17) is 9.84 Å². The van der Waals surface area contributed by atoms with Crippen molar-refractivity contribution < 1.29 is 14.6 Å². The fourth-order valence-corrected chi connectivity index (χ4v) is 1.80. The van der Waals surface area contributed by atoms with E-state index in [-0.39, 0.29) is 12.5 Å². The molecule has 5 nitrogen and oxygen atoms in total. The molecular formula is C12H18N2O3. The van der Waals surface area contributed by atoms with Crippen LogP contribution in [0.4, 0.5) is 5.69 Å². The van der Waals surface area contributed by atoms with Gasteiger partial charge in [-0.05, 0) is 19.9 Å². The number of pyridine rings is 1. The Labute approximate surface area is 101 Å². The molecule has 0 saturated heterocycles. The highest BCUT2D eigenvalue weighted by molar-refractivity contribution is 5.68. The van der Waals surface area contributed by atoms with Crippen LogP contribution in [0.2, 0.25) is 0 Å². The Kier molecular flexibility index (Phi) is 4.75. The zero-order valence-electron chi connectivity index (χ0n) is 10.4. The van der Waals surface area contributed by atoms with Gasteiger partial charge >= 0.3 is 5.97 Å². The first kappa shape index (κ1) is 13.3. The van der Waals surface area contributed by atoms with E-state index in [0.29, 0.717) is 5.88 Å². The van der Waals surface area contributed by atoms with E-state index in [1.165, 1.54) is 0 Å². The molecule has 0 aliphatic heterocycles. The number of methoxy groups -OCH3 is 1. The molecule has 0 aliphatic rings. The van der Waals surface area contributed by atoms with Crippen molar-refractivity contribution in [3.05, 3.63) is 18.3 Å². The largest absolute Gasteiger partial charge is 0.481 e. The predicted molar refractivity (Wildman–Crippen MR) is 65.5 cm³/mol. The molecule has 0 radical (unpaired) electrons. The van der Waals surface area contributed by atoms with Gasteiger partial charge in [-0.3, -0.25) is 4.79 Å². The third-order valence-corrected chi connectivity index (χ3v) is 2.60. The van der Waals surface area contributed by atoms with Crippen molar-refractivity contribution in [3.63, 3.8) is 0 Å². The minimum absolute atomic E-state index is 0.0652. The molecule has 94 valence electrons. The third-order valence-electron chi connectivity index (χ3n) is 2.60. The summed E-state index contributed by atoms with van der Waals surface area (Å²) in [5.41, 5.74) is 0.924. The number of aliphatic carboxylic acids is 1. The molecule has 0 aliphatic carbocycles. The van der Waals surface area contributed by atoms with E-state index in [1.807, 2.05) is 30.9 Å². The van der Waals surface area contributed by atoms with Crippen LogP contribution in [0.5, 0.6) is 5.88 Å². The highest BCUT2D eigenvalue weighted by atomic mass is 16.5. The molecule has 17 heavy (non-hydrogen) atoms. The summed E-state index contributed by atoms with van der Waals surface area (Å²) < 4.78 is 5.06. The van der Waals surface area contributed by atoms with Crippen LogP contribution < -0.4 is 9.64 Å². The number of ether oxygens (including phenoxy) is 1. The minimum Gasteiger partial charge on any atom is -0.481 e. The average Bonchev–Trinajstić information content (AvgIpc) is 2.29.